The normalized spacial score (nSPS) is 10.5. The second kappa shape index (κ2) is 5.61. The monoisotopic (exact) mass is 209 g/mol. The Morgan fingerprint density at radius 2 is 2.07 bits per heavy atom. The van der Waals surface area contributed by atoms with Crippen molar-refractivity contribution in [3.8, 4) is 11.5 Å². The van der Waals surface area contributed by atoms with Crippen molar-refractivity contribution in [3.05, 3.63) is 30.4 Å². The van der Waals surface area contributed by atoms with Gasteiger partial charge in [-0.1, -0.05) is 6.07 Å². The summed E-state index contributed by atoms with van der Waals surface area (Å²) in [6, 6.07) is 5.33. The fourth-order valence-electron chi connectivity index (χ4n) is 1.22. The summed E-state index contributed by atoms with van der Waals surface area (Å²) in [6.45, 7) is 7.45. The first-order valence-electron chi connectivity index (χ1n) is 5.08. The standard InChI is InChI=1S/C12H17O3/c1-4-14-12-7-10(8-13)5-6-11(12)15-9(2)3/h5-9,13H,4H2,1-3H3. The van der Waals surface area contributed by atoms with E-state index in [-0.39, 0.29) is 6.10 Å². The summed E-state index contributed by atoms with van der Waals surface area (Å²) in [5.41, 5.74) is 0.703. The summed E-state index contributed by atoms with van der Waals surface area (Å²) in [7, 11) is 0. The zero-order valence-corrected chi connectivity index (χ0v) is 9.36. The highest BCUT2D eigenvalue weighted by Gasteiger charge is 2.07. The van der Waals surface area contributed by atoms with Gasteiger partial charge in [0.15, 0.2) is 11.5 Å². The Morgan fingerprint density at radius 3 is 2.60 bits per heavy atom. The van der Waals surface area contributed by atoms with Crippen LogP contribution in [0.4, 0.5) is 0 Å². The first-order valence-corrected chi connectivity index (χ1v) is 5.08. The van der Waals surface area contributed by atoms with Crippen LogP contribution in [0.25, 0.3) is 0 Å². The minimum atomic E-state index is 0.105. The Labute approximate surface area is 90.6 Å². The van der Waals surface area contributed by atoms with Crippen molar-refractivity contribution >= 4 is 0 Å². The number of aliphatic hydroxyl groups is 1. The molecule has 0 atom stereocenters. The predicted molar refractivity (Wildman–Crippen MR) is 58.7 cm³/mol. The van der Waals surface area contributed by atoms with Crippen LogP contribution in [0.5, 0.6) is 11.5 Å². The molecule has 0 amide bonds. The molecule has 1 N–H and O–H groups in total. The van der Waals surface area contributed by atoms with Gasteiger partial charge in [-0.25, -0.2) is 0 Å². The summed E-state index contributed by atoms with van der Waals surface area (Å²) in [5, 5.41) is 8.88. The fraction of sp³-hybridized carbons (Fsp3) is 0.417. The van der Waals surface area contributed by atoms with Crippen molar-refractivity contribution in [2.24, 2.45) is 0 Å². The van der Waals surface area contributed by atoms with Crippen molar-refractivity contribution in [2.45, 2.75) is 26.9 Å². The molecule has 0 bridgehead atoms. The molecule has 1 rings (SSSR count). The second-order valence-corrected chi connectivity index (χ2v) is 3.43. The third-order valence-corrected chi connectivity index (χ3v) is 1.78. The lowest BCUT2D eigenvalue weighted by Crippen LogP contribution is -2.07. The lowest BCUT2D eigenvalue weighted by atomic mass is 10.2. The topological polar surface area (TPSA) is 38.7 Å². The summed E-state index contributed by atoms with van der Waals surface area (Å²) in [6.07, 6.45) is 0.105. The Kier molecular flexibility index (Phi) is 4.43. The molecular weight excluding hydrogens is 192 g/mol. The van der Waals surface area contributed by atoms with Crippen molar-refractivity contribution in [2.75, 3.05) is 6.61 Å². The molecule has 0 unspecified atom stereocenters. The number of rotatable bonds is 5. The SMILES string of the molecule is CCOc1cc([CH]O)ccc1OC(C)C. The number of hydrogen-bond acceptors (Lipinski definition) is 3. The van der Waals surface area contributed by atoms with Gasteiger partial charge in [0, 0.05) is 0 Å². The van der Waals surface area contributed by atoms with Crippen LogP contribution >= 0.6 is 0 Å². The van der Waals surface area contributed by atoms with E-state index in [1.165, 1.54) is 0 Å². The molecule has 83 valence electrons. The van der Waals surface area contributed by atoms with Crippen molar-refractivity contribution < 1.29 is 14.6 Å². The zero-order valence-electron chi connectivity index (χ0n) is 9.36. The van der Waals surface area contributed by atoms with Gasteiger partial charge in [-0.15, -0.1) is 0 Å². The highest BCUT2D eigenvalue weighted by atomic mass is 16.5. The summed E-state index contributed by atoms with van der Waals surface area (Å²) >= 11 is 0. The first kappa shape index (κ1) is 11.9. The van der Waals surface area contributed by atoms with Gasteiger partial charge in [-0.2, -0.15) is 0 Å². The fourth-order valence-corrected chi connectivity index (χ4v) is 1.22. The lowest BCUT2D eigenvalue weighted by Gasteiger charge is -2.14. The number of aliphatic hydroxyl groups excluding tert-OH is 1. The van der Waals surface area contributed by atoms with Gasteiger partial charge in [-0.3, -0.25) is 0 Å². The maximum absolute atomic E-state index is 8.88. The molecule has 3 nitrogen and oxygen atoms in total. The van der Waals surface area contributed by atoms with E-state index in [1.807, 2.05) is 20.8 Å². The van der Waals surface area contributed by atoms with Crippen molar-refractivity contribution in [1.29, 1.82) is 0 Å². The van der Waals surface area contributed by atoms with Crippen molar-refractivity contribution in [3.63, 3.8) is 0 Å². The van der Waals surface area contributed by atoms with Crippen LogP contribution in [0.1, 0.15) is 26.3 Å². The lowest BCUT2D eigenvalue weighted by molar-refractivity contribution is 0.223. The average molecular weight is 209 g/mol. The van der Waals surface area contributed by atoms with Crippen LogP contribution in [0, 0.1) is 6.61 Å². The Balaban J connectivity index is 2.92. The number of ether oxygens (including phenoxy) is 2. The maximum atomic E-state index is 8.88. The quantitative estimate of drug-likeness (QED) is 0.810. The molecule has 1 aromatic rings. The van der Waals surface area contributed by atoms with Crippen LogP contribution in [0.3, 0.4) is 0 Å². The van der Waals surface area contributed by atoms with Gasteiger partial charge in [0.1, 0.15) is 6.61 Å². The Morgan fingerprint density at radius 1 is 1.33 bits per heavy atom. The second-order valence-electron chi connectivity index (χ2n) is 3.43. The molecule has 1 aromatic carbocycles. The molecule has 0 aliphatic rings. The smallest absolute Gasteiger partial charge is 0.161 e. The third kappa shape index (κ3) is 3.44. The van der Waals surface area contributed by atoms with Crippen LogP contribution < -0.4 is 9.47 Å². The first-order chi connectivity index (χ1) is 7.17. The largest absolute Gasteiger partial charge is 0.490 e. The van der Waals surface area contributed by atoms with Crippen LogP contribution in [0.2, 0.25) is 0 Å². The van der Waals surface area contributed by atoms with Crippen LogP contribution in [0.15, 0.2) is 18.2 Å². The molecule has 0 saturated heterocycles. The summed E-state index contributed by atoms with van der Waals surface area (Å²) < 4.78 is 11.0. The maximum Gasteiger partial charge on any atom is 0.161 e. The molecule has 0 spiro atoms. The van der Waals surface area contributed by atoms with Gasteiger partial charge >= 0.3 is 0 Å². The molecule has 15 heavy (non-hydrogen) atoms. The molecule has 0 aromatic heterocycles. The third-order valence-electron chi connectivity index (χ3n) is 1.78. The van der Waals surface area contributed by atoms with E-state index in [0.29, 0.717) is 23.7 Å². The molecule has 0 fully saturated rings. The molecule has 0 saturated carbocycles. The minimum absolute atomic E-state index is 0.105. The molecule has 0 aliphatic carbocycles. The predicted octanol–water partition coefficient (Wildman–Crippen LogP) is 2.75. The highest BCUT2D eigenvalue weighted by molar-refractivity contribution is 5.44. The van der Waals surface area contributed by atoms with E-state index in [0.717, 1.165) is 6.61 Å². The van der Waals surface area contributed by atoms with Gasteiger partial charge in [0.2, 0.25) is 0 Å². The molecule has 0 aliphatic heterocycles. The van der Waals surface area contributed by atoms with Crippen LogP contribution in [-0.2, 0) is 0 Å². The highest BCUT2D eigenvalue weighted by Crippen LogP contribution is 2.29. The van der Waals surface area contributed by atoms with E-state index in [2.05, 4.69) is 0 Å². The van der Waals surface area contributed by atoms with Gasteiger partial charge < -0.3 is 14.6 Å². The van der Waals surface area contributed by atoms with E-state index >= 15 is 0 Å². The van der Waals surface area contributed by atoms with Crippen molar-refractivity contribution in [1.82, 2.24) is 0 Å². The van der Waals surface area contributed by atoms with Gasteiger partial charge in [0.05, 0.1) is 12.7 Å². The van der Waals surface area contributed by atoms with E-state index in [9.17, 15) is 0 Å². The van der Waals surface area contributed by atoms with Gasteiger partial charge in [0.25, 0.3) is 0 Å². The minimum Gasteiger partial charge on any atom is -0.490 e. The molecule has 0 heterocycles. The van der Waals surface area contributed by atoms with Gasteiger partial charge in [-0.05, 0) is 38.5 Å². The molecule has 3 heteroatoms. The Bertz CT molecular complexity index is 308. The van der Waals surface area contributed by atoms with Crippen LogP contribution in [-0.4, -0.2) is 17.8 Å². The summed E-state index contributed by atoms with van der Waals surface area (Å²) in [4.78, 5) is 0. The number of benzene rings is 1. The molecule has 1 radical (unpaired) electrons. The Hall–Kier alpha value is -1.22. The average Bonchev–Trinajstić information content (AvgIpc) is 2.20. The van der Waals surface area contributed by atoms with E-state index in [1.54, 1.807) is 18.2 Å². The number of hydrogen-bond donors (Lipinski definition) is 1. The zero-order chi connectivity index (χ0) is 11.3. The summed E-state index contributed by atoms with van der Waals surface area (Å²) in [5.74, 6) is 1.37. The van der Waals surface area contributed by atoms with E-state index in [4.69, 9.17) is 14.6 Å². The molecular formula is C12H17O3. The van der Waals surface area contributed by atoms with E-state index < -0.39 is 0 Å².